The molecule has 0 N–H and O–H groups in total. The van der Waals surface area contributed by atoms with Crippen molar-refractivity contribution in [3.8, 4) is 6.07 Å². The van der Waals surface area contributed by atoms with Crippen molar-refractivity contribution in [3.05, 3.63) is 35.4 Å². The summed E-state index contributed by atoms with van der Waals surface area (Å²) in [6.07, 6.45) is 0. The van der Waals surface area contributed by atoms with Crippen LogP contribution >= 0.6 is 0 Å². The number of rotatable bonds is 6. The first-order valence-electron chi connectivity index (χ1n) is 5.98. The number of nitrogens with zero attached hydrogens (tertiary/aromatic N) is 2. The predicted molar refractivity (Wildman–Crippen MR) is 68.4 cm³/mol. The van der Waals surface area contributed by atoms with Gasteiger partial charge in [0.2, 0.25) is 0 Å². The van der Waals surface area contributed by atoms with E-state index in [0.717, 1.165) is 24.2 Å². The molecule has 0 heterocycles. The summed E-state index contributed by atoms with van der Waals surface area (Å²) in [4.78, 5) is 2.15. The fraction of sp³-hybridized carbons (Fsp3) is 0.500. The normalized spacial score (nSPS) is 12.4. The molecule has 0 saturated heterocycles. The summed E-state index contributed by atoms with van der Waals surface area (Å²) in [5.41, 5.74) is 2.15. The van der Waals surface area contributed by atoms with E-state index in [9.17, 15) is 5.26 Å². The summed E-state index contributed by atoms with van der Waals surface area (Å²) in [7, 11) is 1.68. The fourth-order valence-corrected chi connectivity index (χ4v) is 2.02. The molecule has 17 heavy (non-hydrogen) atoms. The smallest absolute Gasteiger partial charge is 0.124 e. The quantitative estimate of drug-likeness (QED) is 0.756. The Hall–Kier alpha value is -1.37. The van der Waals surface area contributed by atoms with Gasteiger partial charge in [-0.2, -0.15) is 5.26 Å². The van der Waals surface area contributed by atoms with Crippen molar-refractivity contribution in [1.82, 2.24) is 4.90 Å². The van der Waals surface area contributed by atoms with E-state index < -0.39 is 0 Å². The number of hydrogen-bond acceptors (Lipinski definition) is 3. The van der Waals surface area contributed by atoms with Crippen LogP contribution in [-0.2, 0) is 11.3 Å². The molecule has 0 aliphatic heterocycles. The maximum atomic E-state index is 9.37. The molecular formula is C14H20N2O. The second kappa shape index (κ2) is 7.05. The highest BCUT2D eigenvalue weighted by Gasteiger charge is 2.19. The van der Waals surface area contributed by atoms with Gasteiger partial charge in [0, 0.05) is 7.11 Å². The number of benzene rings is 1. The topological polar surface area (TPSA) is 36.3 Å². The van der Waals surface area contributed by atoms with E-state index in [2.05, 4.69) is 24.8 Å². The Kier molecular flexibility index (Phi) is 5.68. The Balaban J connectivity index is 3.07. The van der Waals surface area contributed by atoms with Crippen LogP contribution in [0.15, 0.2) is 24.3 Å². The minimum Gasteiger partial charge on any atom is -0.380 e. The lowest BCUT2D eigenvalue weighted by atomic mass is 10.0. The van der Waals surface area contributed by atoms with Gasteiger partial charge in [-0.05, 0) is 24.2 Å². The number of methoxy groups -OCH3 is 1. The van der Waals surface area contributed by atoms with E-state index in [4.69, 9.17) is 4.74 Å². The molecular weight excluding hydrogens is 212 g/mol. The molecule has 1 unspecified atom stereocenters. The van der Waals surface area contributed by atoms with Gasteiger partial charge < -0.3 is 4.74 Å². The number of ether oxygens (including phenoxy) is 1. The third-order valence-corrected chi connectivity index (χ3v) is 2.95. The molecule has 0 bridgehead atoms. The Morgan fingerprint density at radius 3 is 2.47 bits per heavy atom. The van der Waals surface area contributed by atoms with Crippen molar-refractivity contribution in [2.75, 3.05) is 20.2 Å². The van der Waals surface area contributed by atoms with Gasteiger partial charge in [-0.3, -0.25) is 4.90 Å². The largest absolute Gasteiger partial charge is 0.380 e. The molecule has 1 aromatic rings. The minimum atomic E-state index is -0.184. The van der Waals surface area contributed by atoms with Crippen LogP contribution in [0.25, 0.3) is 0 Å². The second-order valence-corrected chi connectivity index (χ2v) is 3.88. The maximum absolute atomic E-state index is 9.37. The van der Waals surface area contributed by atoms with Crippen molar-refractivity contribution in [1.29, 1.82) is 5.26 Å². The summed E-state index contributed by atoms with van der Waals surface area (Å²) >= 11 is 0. The molecule has 0 amide bonds. The molecule has 0 spiro atoms. The van der Waals surface area contributed by atoms with Crippen LogP contribution in [0.4, 0.5) is 0 Å². The highest BCUT2D eigenvalue weighted by Crippen LogP contribution is 2.23. The molecule has 0 aliphatic rings. The first-order valence-corrected chi connectivity index (χ1v) is 5.98. The lowest BCUT2D eigenvalue weighted by Gasteiger charge is -2.25. The maximum Gasteiger partial charge on any atom is 0.124 e. The standard InChI is InChI=1S/C14H20N2O/c1-4-16(5-2)14(10-15)13-9-7-6-8-12(13)11-17-3/h6-9,14H,4-5,11H2,1-3H3. The third kappa shape index (κ3) is 3.29. The van der Waals surface area contributed by atoms with Crippen LogP contribution in [0.2, 0.25) is 0 Å². The Bertz CT molecular complexity index is 380. The van der Waals surface area contributed by atoms with Crippen molar-refractivity contribution in [2.45, 2.75) is 26.5 Å². The lowest BCUT2D eigenvalue weighted by molar-refractivity contribution is 0.181. The molecule has 3 nitrogen and oxygen atoms in total. The van der Waals surface area contributed by atoms with Gasteiger partial charge in [-0.15, -0.1) is 0 Å². The highest BCUT2D eigenvalue weighted by atomic mass is 16.5. The molecule has 0 fully saturated rings. The van der Waals surface area contributed by atoms with Gasteiger partial charge in [-0.25, -0.2) is 0 Å². The van der Waals surface area contributed by atoms with E-state index in [1.54, 1.807) is 7.11 Å². The summed E-state index contributed by atoms with van der Waals surface area (Å²) in [6.45, 7) is 6.45. The van der Waals surface area contributed by atoms with Crippen LogP contribution in [0.3, 0.4) is 0 Å². The zero-order valence-electron chi connectivity index (χ0n) is 10.8. The summed E-state index contributed by atoms with van der Waals surface area (Å²) < 4.78 is 5.18. The van der Waals surface area contributed by atoms with E-state index in [-0.39, 0.29) is 6.04 Å². The van der Waals surface area contributed by atoms with Crippen molar-refractivity contribution in [2.24, 2.45) is 0 Å². The number of hydrogen-bond donors (Lipinski definition) is 0. The van der Waals surface area contributed by atoms with Crippen LogP contribution < -0.4 is 0 Å². The Morgan fingerprint density at radius 2 is 1.94 bits per heavy atom. The van der Waals surface area contributed by atoms with Crippen molar-refractivity contribution in [3.63, 3.8) is 0 Å². The molecule has 1 rings (SSSR count). The molecule has 0 aromatic heterocycles. The fourth-order valence-electron chi connectivity index (χ4n) is 2.02. The SMILES string of the molecule is CCN(CC)C(C#N)c1ccccc1COC. The van der Waals surface area contributed by atoms with Crippen LogP contribution in [0.1, 0.15) is 31.0 Å². The average Bonchev–Trinajstić information content (AvgIpc) is 2.37. The first kappa shape index (κ1) is 13.7. The minimum absolute atomic E-state index is 0.184. The molecule has 0 saturated carbocycles. The molecule has 3 heteroatoms. The summed E-state index contributed by atoms with van der Waals surface area (Å²) in [6, 6.07) is 10.2. The predicted octanol–water partition coefficient (Wildman–Crippen LogP) is 2.74. The molecule has 0 aliphatic carbocycles. The zero-order chi connectivity index (χ0) is 12.7. The Morgan fingerprint density at radius 1 is 1.29 bits per heavy atom. The van der Waals surface area contributed by atoms with Gasteiger partial charge in [0.15, 0.2) is 0 Å². The second-order valence-electron chi connectivity index (χ2n) is 3.88. The molecule has 0 radical (unpaired) electrons. The van der Waals surface area contributed by atoms with Gasteiger partial charge in [-0.1, -0.05) is 38.1 Å². The summed E-state index contributed by atoms with van der Waals surface area (Å²) in [5, 5.41) is 9.37. The first-order chi connectivity index (χ1) is 8.28. The highest BCUT2D eigenvalue weighted by molar-refractivity contribution is 5.33. The van der Waals surface area contributed by atoms with Crippen LogP contribution in [-0.4, -0.2) is 25.1 Å². The monoisotopic (exact) mass is 232 g/mol. The third-order valence-electron chi connectivity index (χ3n) is 2.95. The van der Waals surface area contributed by atoms with E-state index in [1.165, 1.54) is 0 Å². The van der Waals surface area contributed by atoms with Crippen LogP contribution in [0.5, 0.6) is 0 Å². The Labute approximate surface area is 104 Å². The zero-order valence-corrected chi connectivity index (χ0v) is 10.8. The van der Waals surface area contributed by atoms with E-state index in [1.807, 2.05) is 24.3 Å². The average molecular weight is 232 g/mol. The molecule has 92 valence electrons. The summed E-state index contributed by atoms with van der Waals surface area (Å²) in [5.74, 6) is 0. The number of nitriles is 1. The van der Waals surface area contributed by atoms with E-state index >= 15 is 0 Å². The van der Waals surface area contributed by atoms with Crippen LogP contribution in [0, 0.1) is 11.3 Å². The molecule has 1 aromatic carbocycles. The van der Waals surface area contributed by atoms with Gasteiger partial charge in [0.1, 0.15) is 6.04 Å². The lowest BCUT2D eigenvalue weighted by Crippen LogP contribution is -2.28. The van der Waals surface area contributed by atoms with Crippen molar-refractivity contribution < 1.29 is 4.74 Å². The van der Waals surface area contributed by atoms with Gasteiger partial charge >= 0.3 is 0 Å². The molecule has 1 atom stereocenters. The van der Waals surface area contributed by atoms with E-state index in [0.29, 0.717) is 6.61 Å². The van der Waals surface area contributed by atoms with Gasteiger partial charge in [0.25, 0.3) is 0 Å². The van der Waals surface area contributed by atoms with Crippen molar-refractivity contribution >= 4 is 0 Å². The van der Waals surface area contributed by atoms with Gasteiger partial charge in [0.05, 0.1) is 12.7 Å².